The average Bonchev–Trinajstić information content (AvgIpc) is 3.19. The van der Waals surface area contributed by atoms with Crippen molar-refractivity contribution in [1.29, 1.82) is 0 Å². The van der Waals surface area contributed by atoms with Gasteiger partial charge in [-0.15, -0.1) is 0 Å². The topological polar surface area (TPSA) is 105 Å². The molecule has 7 atom stereocenters. The maximum absolute atomic E-state index is 13.8. The van der Waals surface area contributed by atoms with Gasteiger partial charge in [-0.25, -0.2) is 14.2 Å². The number of anilines is 1. The van der Waals surface area contributed by atoms with E-state index in [0.717, 1.165) is 42.8 Å². The molecule has 1 aromatic heterocycles. The fourth-order valence-electron chi connectivity index (χ4n) is 8.17. The Balaban J connectivity index is 1.35. The molecule has 3 aromatic rings. The van der Waals surface area contributed by atoms with E-state index in [1.807, 2.05) is 44.2 Å². The number of ether oxygens (including phenoxy) is 1. The summed E-state index contributed by atoms with van der Waals surface area (Å²) in [5.41, 5.74) is 2.75. The van der Waals surface area contributed by atoms with E-state index in [9.17, 15) is 14.1 Å². The summed E-state index contributed by atoms with van der Waals surface area (Å²) in [6.07, 6.45) is 12.3. The summed E-state index contributed by atoms with van der Waals surface area (Å²) in [5, 5.41) is 12.8. The molecule has 0 radical (unpaired) electrons. The van der Waals surface area contributed by atoms with Gasteiger partial charge >= 0.3 is 0 Å². The number of fused-ring (bicyclic) bond motifs is 4. The molecule has 1 amide bonds. The van der Waals surface area contributed by atoms with Crippen molar-refractivity contribution >= 4 is 38.8 Å². The maximum Gasteiger partial charge on any atom is 0.262 e. The lowest BCUT2D eigenvalue weighted by Gasteiger charge is -2.49. The maximum atomic E-state index is 13.8. The average molecular weight is 675 g/mol. The molecule has 10 heteroatoms. The van der Waals surface area contributed by atoms with Crippen molar-refractivity contribution in [2.45, 2.75) is 68.6 Å². The van der Waals surface area contributed by atoms with Gasteiger partial charge in [0, 0.05) is 46.5 Å². The monoisotopic (exact) mass is 674 g/mol. The van der Waals surface area contributed by atoms with E-state index in [2.05, 4.69) is 37.6 Å². The molecule has 8 nitrogen and oxygen atoms in total. The number of benzene rings is 2. The molecule has 2 aromatic carbocycles. The first-order valence-corrected chi connectivity index (χ1v) is 18.8. The summed E-state index contributed by atoms with van der Waals surface area (Å²) >= 11 is 6.45. The third-order valence-electron chi connectivity index (χ3n) is 11.3. The molecule has 1 unspecified atom stereocenters. The lowest BCUT2D eigenvalue weighted by molar-refractivity contribution is -0.0530. The van der Waals surface area contributed by atoms with Crippen LogP contribution in [0.4, 0.5) is 5.69 Å². The molecule has 47 heavy (non-hydrogen) atoms. The van der Waals surface area contributed by atoms with Gasteiger partial charge in [0.25, 0.3) is 5.91 Å². The highest BCUT2D eigenvalue weighted by Crippen LogP contribution is 2.50. The summed E-state index contributed by atoms with van der Waals surface area (Å²) < 4.78 is 23.2. The second kappa shape index (κ2) is 12.2. The van der Waals surface area contributed by atoms with Gasteiger partial charge < -0.3 is 14.7 Å². The Morgan fingerprint density at radius 2 is 2.02 bits per heavy atom. The number of aryl methyl sites for hydroxylation is 1. The van der Waals surface area contributed by atoms with E-state index in [0.29, 0.717) is 43.1 Å². The zero-order chi connectivity index (χ0) is 33.0. The number of amides is 1. The van der Waals surface area contributed by atoms with Gasteiger partial charge in [0.1, 0.15) is 17.7 Å². The van der Waals surface area contributed by atoms with Gasteiger partial charge in [0.15, 0.2) is 0 Å². The Labute approximate surface area is 282 Å². The van der Waals surface area contributed by atoms with E-state index in [4.69, 9.17) is 16.3 Å². The van der Waals surface area contributed by atoms with E-state index in [1.54, 1.807) is 18.3 Å². The molecule has 2 aliphatic heterocycles. The number of nitrogens with one attached hydrogen (secondary N) is 1. The molecular weight excluding hydrogens is 632 g/mol. The number of nitrogens with zero attached hydrogens (tertiary/aromatic N) is 3. The number of aliphatic hydroxyl groups is 1. The number of hydrogen-bond donors (Lipinski definition) is 2. The molecular formula is C37H43ClN4O4S. The Hall–Kier alpha value is -3.40. The van der Waals surface area contributed by atoms with Gasteiger partial charge in [-0.05, 0) is 111 Å². The summed E-state index contributed by atoms with van der Waals surface area (Å²) in [7, 11) is -3.00. The van der Waals surface area contributed by atoms with Crippen molar-refractivity contribution in [1.82, 2.24) is 14.7 Å². The van der Waals surface area contributed by atoms with Crippen LogP contribution < -0.4 is 14.4 Å². The first-order valence-electron chi connectivity index (χ1n) is 16.6. The lowest BCUT2D eigenvalue weighted by Crippen LogP contribution is -2.51. The minimum absolute atomic E-state index is 0.0725. The SMILES string of the molecule is C=S1(=O)NC(=O)c2ccc3c(c2)N(C[C@@H]2CC[C@H]2[C@](O)(c2ccncn2)/C=C/C[C@H](C)[C@H]1C)C[C@@]1(CCCc2cc(Cl)ccc21)CO3. The minimum atomic E-state index is -3.00. The molecule has 2 aliphatic carbocycles. The zero-order valence-corrected chi connectivity index (χ0v) is 28.6. The fraction of sp³-hybridized carbons (Fsp3) is 0.459. The molecule has 7 rings (SSSR count). The summed E-state index contributed by atoms with van der Waals surface area (Å²) in [4.78, 5) is 24.7. The standard InChI is InChI=1S/C37H43ClN4O4S/c1-24-6-4-16-37(44,34-14-17-39-23-40-34)31-11-8-28(31)20-42-21-36(15-5-7-26-18-29(38)10-12-30(26)36)22-46-33-13-9-27(19-32(33)42)35(43)41-47(3,45)25(24)2/h4,9-10,12-14,16-19,23-25,28,31,44H,3,5-8,11,15,20-22H2,1-2H3,(H,41,43,45)/b16-4+/t24-,25+,28-,31+,36-,37-,47?/m0/s1. The van der Waals surface area contributed by atoms with E-state index in [-0.39, 0.29) is 23.2 Å². The van der Waals surface area contributed by atoms with Crippen molar-refractivity contribution in [2.75, 3.05) is 24.6 Å². The van der Waals surface area contributed by atoms with Crippen LogP contribution in [0.3, 0.4) is 0 Å². The number of carbonyl (C=O) groups is 1. The van der Waals surface area contributed by atoms with Crippen molar-refractivity contribution in [3.8, 4) is 5.75 Å². The highest BCUT2D eigenvalue weighted by molar-refractivity contribution is 7.99. The summed E-state index contributed by atoms with van der Waals surface area (Å²) in [6, 6.07) is 13.5. The number of hydrogen-bond acceptors (Lipinski definition) is 7. The number of allylic oxidation sites excluding steroid dienone is 1. The van der Waals surface area contributed by atoms with E-state index < -0.39 is 26.5 Å². The highest BCUT2D eigenvalue weighted by atomic mass is 35.5. The van der Waals surface area contributed by atoms with Gasteiger partial charge in [-0.1, -0.05) is 36.7 Å². The van der Waals surface area contributed by atoms with Gasteiger partial charge in [-0.3, -0.25) is 9.52 Å². The predicted molar refractivity (Wildman–Crippen MR) is 187 cm³/mol. The first-order chi connectivity index (χ1) is 22.5. The Bertz CT molecular complexity index is 1820. The quantitative estimate of drug-likeness (QED) is 0.246. The predicted octanol–water partition coefficient (Wildman–Crippen LogP) is 5.86. The molecule has 248 valence electrons. The van der Waals surface area contributed by atoms with Crippen molar-refractivity contribution in [3.05, 3.63) is 94.5 Å². The largest absolute Gasteiger partial charge is 0.490 e. The van der Waals surface area contributed by atoms with Gasteiger partial charge in [0.2, 0.25) is 0 Å². The molecule has 3 heterocycles. The van der Waals surface area contributed by atoms with Crippen LogP contribution in [0.25, 0.3) is 0 Å². The molecule has 0 saturated heterocycles. The summed E-state index contributed by atoms with van der Waals surface area (Å²) in [6.45, 7) is 5.70. The number of aromatic nitrogens is 2. The Morgan fingerprint density at radius 1 is 1.17 bits per heavy atom. The number of rotatable bonds is 1. The van der Waals surface area contributed by atoms with E-state index in [1.165, 1.54) is 17.5 Å². The number of halogens is 1. The highest BCUT2D eigenvalue weighted by Gasteiger charge is 2.49. The first kappa shape index (κ1) is 32.2. The number of carbonyl (C=O) groups excluding carboxylic acids is 1. The fourth-order valence-corrected chi connectivity index (χ4v) is 9.84. The molecule has 1 fully saturated rings. The molecule has 2 bridgehead atoms. The van der Waals surface area contributed by atoms with E-state index >= 15 is 0 Å². The normalized spacial score (nSPS) is 34.6. The van der Waals surface area contributed by atoms with Crippen LogP contribution >= 0.6 is 11.6 Å². The zero-order valence-electron chi connectivity index (χ0n) is 27.0. The third-order valence-corrected chi connectivity index (χ3v) is 13.7. The van der Waals surface area contributed by atoms with Crippen molar-refractivity contribution in [2.24, 2.45) is 17.8 Å². The minimum Gasteiger partial charge on any atom is -0.490 e. The smallest absolute Gasteiger partial charge is 0.262 e. The van der Waals surface area contributed by atoms with Crippen molar-refractivity contribution < 1.29 is 18.8 Å². The van der Waals surface area contributed by atoms with Crippen LogP contribution in [0, 0.1) is 17.8 Å². The van der Waals surface area contributed by atoms with Crippen LogP contribution in [0.2, 0.25) is 5.02 Å². The molecule has 1 saturated carbocycles. The molecule has 2 N–H and O–H groups in total. The Kier molecular flexibility index (Phi) is 8.38. The van der Waals surface area contributed by atoms with Gasteiger partial charge in [0.05, 0.1) is 27.7 Å². The van der Waals surface area contributed by atoms with Crippen LogP contribution in [-0.2, 0) is 27.1 Å². The lowest BCUT2D eigenvalue weighted by atomic mass is 9.63. The Morgan fingerprint density at radius 3 is 2.79 bits per heavy atom. The molecule has 4 aliphatic rings. The second-order valence-corrected chi connectivity index (χ2v) is 17.0. The van der Waals surface area contributed by atoms with Crippen LogP contribution in [-0.4, -0.2) is 56.0 Å². The van der Waals surface area contributed by atoms with Gasteiger partial charge in [-0.2, -0.15) is 0 Å². The molecule has 1 spiro atoms. The third kappa shape index (κ3) is 5.85. The van der Waals surface area contributed by atoms with Crippen molar-refractivity contribution in [3.63, 3.8) is 0 Å². The second-order valence-electron chi connectivity index (χ2n) is 14.1. The summed E-state index contributed by atoms with van der Waals surface area (Å²) in [5.74, 6) is 4.27. The van der Waals surface area contributed by atoms with Crippen LogP contribution in [0.15, 0.2) is 67.1 Å². The van der Waals surface area contributed by atoms with Crippen LogP contribution in [0.1, 0.15) is 73.1 Å². The van der Waals surface area contributed by atoms with Crippen LogP contribution in [0.5, 0.6) is 5.75 Å².